The van der Waals surface area contributed by atoms with E-state index in [1.54, 1.807) is 12.1 Å². The third kappa shape index (κ3) is 4.29. The van der Waals surface area contributed by atoms with Gasteiger partial charge in [0.25, 0.3) is 0 Å². The molecule has 1 atom stereocenters. The van der Waals surface area contributed by atoms with Gasteiger partial charge in [0.15, 0.2) is 0 Å². The number of nitrogens with one attached hydrogen (secondary N) is 1. The van der Waals surface area contributed by atoms with Crippen LogP contribution in [-0.4, -0.2) is 22.4 Å². The highest BCUT2D eigenvalue weighted by atomic mass is 32.2. The normalized spacial score (nSPS) is 16.4. The minimum absolute atomic E-state index is 0.0426. The fourth-order valence-electron chi connectivity index (χ4n) is 2.84. The Hall–Kier alpha value is -2.01. The van der Waals surface area contributed by atoms with Crippen LogP contribution in [0.2, 0.25) is 0 Å². The Labute approximate surface area is 143 Å². The molecule has 3 rings (SSSR count). The molecule has 1 saturated carbocycles. The molecule has 0 spiro atoms. The monoisotopic (exact) mass is 345 g/mol. The summed E-state index contributed by atoms with van der Waals surface area (Å²) in [6.45, 7) is 0.576. The van der Waals surface area contributed by atoms with Crippen LogP contribution >= 0.6 is 0 Å². The fraction of sp³-hybridized carbons (Fsp3) is 0.316. The molecule has 2 aromatic carbocycles. The van der Waals surface area contributed by atoms with Crippen molar-refractivity contribution < 1.29 is 13.4 Å². The number of amides is 1. The molecular formula is C19H20FNO2S. The van der Waals surface area contributed by atoms with Crippen LogP contribution in [0.3, 0.4) is 0 Å². The average molecular weight is 345 g/mol. The van der Waals surface area contributed by atoms with Crippen LogP contribution in [0.25, 0.3) is 0 Å². The smallest absolute Gasteiger partial charge is 0.232 e. The Kier molecular flexibility index (Phi) is 5.09. The van der Waals surface area contributed by atoms with Crippen molar-refractivity contribution in [2.75, 3.05) is 12.3 Å². The molecule has 0 bridgehead atoms. The van der Waals surface area contributed by atoms with E-state index in [2.05, 4.69) is 17.4 Å². The summed E-state index contributed by atoms with van der Waals surface area (Å²) in [5.41, 5.74) is 1.93. The van der Waals surface area contributed by atoms with Crippen molar-refractivity contribution in [2.24, 2.45) is 0 Å². The molecule has 0 aromatic heterocycles. The quantitative estimate of drug-likeness (QED) is 0.839. The number of hydrogen-bond donors (Lipinski definition) is 1. The summed E-state index contributed by atoms with van der Waals surface area (Å²) in [5, 5.41) is 2.91. The summed E-state index contributed by atoms with van der Waals surface area (Å²) in [5.74, 6) is -0.435. The lowest BCUT2D eigenvalue weighted by Crippen LogP contribution is -2.35. The zero-order valence-corrected chi connectivity index (χ0v) is 14.2. The van der Waals surface area contributed by atoms with Crippen molar-refractivity contribution in [1.29, 1.82) is 0 Å². The first-order valence-electron chi connectivity index (χ1n) is 7.99. The first kappa shape index (κ1) is 16.8. The van der Waals surface area contributed by atoms with E-state index in [0.29, 0.717) is 12.1 Å². The molecule has 5 heteroatoms. The Morgan fingerprint density at radius 1 is 1.12 bits per heavy atom. The van der Waals surface area contributed by atoms with Gasteiger partial charge in [-0.15, -0.1) is 0 Å². The van der Waals surface area contributed by atoms with Gasteiger partial charge in [0.1, 0.15) is 11.6 Å². The first-order chi connectivity index (χ1) is 11.6. The first-order valence-corrected chi connectivity index (χ1v) is 9.48. The molecule has 24 heavy (non-hydrogen) atoms. The molecule has 0 radical (unpaired) electrons. The second-order valence-corrected chi connectivity index (χ2v) is 7.74. The van der Waals surface area contributed by atoms with E-state index in [1.807, 2.05) is 18.2 Å². The maximum atomic E-state index is 13.1. The highest BCUT2D eigenvalue weighted by Crippen LogP contribution is 2.47. The minimum Gasteiger partial charge on any atom is -0.354 e. The van der Waals surface area contributed by atoms with Gasteiger partial charge in [-0.1, -0.05) is 42.5 Å². The van der Waals surface area contributed by atoms with Gasteiger partial charge in [-0.2, -0.15) is 0 Å². The highest BCUT2D eigenvalue weighted by Gasteiger charge is 2.44. The van der Waals surface area contributed by atoms with Gasteiger partial charge in [0, 0.05) is 28.5 Å². The van der Waals surface area contributed by atoms with Crippen LogP contribution in [0.15, 0.2) is 54.6 Å². The van der Waals surface area contributed by atoms with Crippen molar-refractivity contribution >= 4 is 16.7 Å². The van der Waals surface area contributed by atoms with E-state index in [-0.39, 0.29) is 28.6 Å². The molecule has 0 aliphatic heterocycles. The number of hydrogen-bond acceptors (Lipinski definition) is 2. The molecule has 1 unspecified atom stereocenters. The fourth-order valence-corrected chi connectivity index (χ4v) is 3.89. The van der Waals surface area contributed by atoms with Crippen molar-refractivity contribution in [3.05, 3.63) is 71.5 Å². The third-order valence-electron chi connectivity index (χ3n) is 4.37. The molecule has 1 fully saturated rings. The molecule has 0 heterocycles. The molecule has 126 valence electrons. The van der Waals surface area contributed by atoms with Gasteiger partial charge in [-0.05, 0) is 36.1 Å². The molecule has 1 amide bonds. The van der Waals surface area contributed by atoms with Crippen molar-refractivity contribution in [3.8, 4) is 0 Å². The van der Waals surface area contributed by atoms with E-state index in [4.69, 9.17) is 0 Å². The van der Waals surface area contributed by atoms with E-state index in [9.17, 15) is 13.4 Å². The SMILES string of the molecule is O=C(CS(=O)Cc1cccc(F)c1)NCC1(c2ccccc2)CC1. The van der Waals surface area contributed by atoms with E-state index in [1.165, 1.54) is 17.7 Å². The summed E-state index contributed by atoms with van der Waals surface area (Å²) in [4.78, 5) is 12.0. The lowest BCUT2D eigenvalue weighted by Gasteiger charge is -2.16. The summed E-state index contributed by atoms with van der Waals surface area (Å²) in [6, 6.07) is 16.2. The van der Waals surface area contributed by atoms with Crippen molar-refractivity contribution in [3.63, 3.8) is 0 Å². The van der Waals surface area contributed by atoms with Crippen LogP contribution in [0.1, 0.15) is 24.0 Å². The van der Waals surface area contributed by atoms with Crippen LogP contribution in [0, 0.1) is 5.82 Å². The maximum absolute atomic E-state index is 13.1. The molecule has 1 aliphatic rings. The van der Waals surface area contributed by atoms with Gasteiger partial charge in [-0.25, -0.2) is 4.39 Å². The van der Waals surface area contributed by atoms with Crippen molar-refractivity contribution in [1.82, 2.24) is 5.32 Å². The maximum Gasteiger partial charge on any atom is 0.232 e. The average Bonchev–Trinajstić information content (AvgIpc) is 3.35. The van der Waals surface area contributed by atoms with Gasteiger partial charge in [0.2, 0.25) is 5.91 Å². The van der Waals surface area contributed by atoms with Crippen LogP contribution in [-0.2, 0) is 26.8 Å². The predicted molar refractivity (Wildman–Crippen MR) is 93.5 cm³/mol. The van der Waals surface area contributed by atoms with E-state index >= 15 is 0 Å². The van der Waals surface area contributed by atoms with Gasteiger partial charge in [-0.3, -0.25) is 9.00 Å². The van der Waals surface area contributed by atoms with E-state index in [0.717, 1.165) is 12.8 Å². The lowest BCUT2D eigenvalue weighted by atomic mass is 9.96. The van der Waals surface area contributed by atoms with Crippen LogP contribution < -0.4 is 5.32 Å². The summed E-state index contributed by atoms with van der Waals surface area (Å²) in [6.07, 6.45) is 2.12. The second-order valence-electron chi connectivity index (χ2n) is 6.28. The number of halogens is 1. The van der Waals surface area contributed by atoms with Gasteiger partial charge in [0.05, 0.1) is 0 Å². The second kappa shape index (κ2) is 7.26. The molecule has 3 nitrogen and oxygen atoms in total. The number of carbonyl (C=O) groups is 1. The standard InChI is InChI=1S/C19H20FNO2S/c20-17-8-4-5-15(11-17)12-24(23)13-18(22)21-14-19(9-10-19)16-6-2-1-3-7-16/h1-8,11H,9-10,12-14H2,(H,21,22). The third-order valence-corrected chi connectivity index (χ3v) is 5.61. The van der Waals surface area contributed by atoms with Crippen LogP contribution in [0.5, 0.6) is 0 Å². The summed E-state index contributed by atoms with van der Waals surface area (Å²) in [7, 11) is -1.34. The lowest BCUT2D eigenvalue weighted by molar-refractivity contribution is -0.118. The van der Waals surface area contributed by atoms with Gasteiger partial charge < -0.3 is 5.32 Å². The Morgan fingerprint density at radius 2 is 1.88 bits per heavy atom. The van der Waals surface area contributed by atoms with Crippen molar-refractivity contribution in [2.45, 2.75) is 24.0 Å². The van der Waals surface area contributed by atoms with Gasteiger partial charge >= 0.3 is 0 Å². The number of rotatable bonds is 7. The summed E-state index contributed by atoms with van der Waals surface area (Å²) < 4.78 is 25.2. The largest absolute Gasteiger partial charge is 0.354 e. The Morgan fingerprint density at radius 3 is 2.54 bits per heavy atom. The topological polar surface area (TPSA) is 46.2 Å². The highest BCUT2D eigenvalue weighted by molar-refractivity contribution is 7.84. The molecule has 2 aromatic rings. The molecular weight excluding hydrogens is 325 g/mol. The zero-order chi connectivity index (χ0) is 17.0. The Bertz CT molecular complexity index is 744. The number of carbonyl (C=O) groups excluding carboxylic acids is 1. The minimum atomic E-state index is -1.34. The molecule has 1 aliphatic carbocycles. The van der Waals surface area contributed by atoms with Crippen LogP contribution in [0.4, 0.5) is 4.39 Å². The van der Waals surface area contributed by atoms with E-state index < -0.39 is 10.8 Å². The molecule has 1 N–H and O–H groups in total. The Balaban J connectivity index is 1.48. The predicted octanol–water partition coefficient (Wildman–Crippen LogP) is 2.92. The molecule has 0 saturated heterocycles. The number of benzene rings is 2. The summed E-state index contributed by atoms with van der Waals surface area (Å²) >= 11 is 0. The zero-order valence-electron chi connectivity index (χ0n) is 13.3.